The average molecular weight is 543 g/mol. The highest BCUT2D eigenvalue weighted by Gasteiger charge is 2.48. The van der Waals surface area contributed by atoms with Crippen molar-refractivity contribution in [1.29, 1.82) is 0 Å². The first-order valence-corrected chi connectivity index (χ1v) is 15.3. The molecule has 9 aromatic rings. The van der Waals surface area contributed by atoms with E-state index in [0.29, 0.717) is 0 Å². The lowest BCUT2D eigenvalue weighted by molar-refractivity contribution is 0.664. The van der Waals surface area contributed by atoms with Crippen LogP contribution in [0.2, 0.25) is 0 Å². The topological polar surface area (TPSA) is 13.1 Å². The zero-order valence-corrected chi connectivity index (χ0v) is 22.8. The van der Waals surface area contributed by atoms with Gasteiger partial charge in [-0.2, -0.15) is 0 Å². The fourth-order valence-electron chi connectivity index (χ4n) is 8.17. The molecule has 0 atom stereocenters. The van der Waals surface area contributed by atoms with Crippen LogP contribution in [0, 0.1) is 0 Å². The molecule has 6 aromatic carbocycles. The van der Waals surface area contributed by atoms with Gasteiger partial charge in [0.15, 0.2) is 0 Å². The molecule has 0 radical (unpaired) electrons. The number of furan rings is 1. The lowest BCUT2D eigenvalue weighted by Gasteiger charge is -2.35. The third kappa shape index (κ3) is 2.06. The lowest BCUT2D eigenvalue weighted by atomic mass is 9.65. The Morgan fingerprint density at radius 3 is 1.23 bits per heavy atom. The number of benzene rings is 6. The van der Waals surface area contributed by atoms with Gasteiger partial charge in [-0.3, -0.25) is 0 Å². The van der Waals surface area contributed by atoms with Crippen LogP contribution in [-0.4, -0.2) is 0 Å². The van der Waals surface area contributed by atoms with E-state index in [2.05, 4.69) is 109 Å². The van der Waals surface area contributed by atoms with Crippen molar-refractivity contribution in [3.8, 4) is 11.1 Å². The summed E-state index contributed by atoms with van der Waals surface area (Å²) in [6.45, 7) is 0. The molecule has 184 valence electrons. The molecule has 11 rings (SSSR count). The Labute approximate surface area is 236 Å². The van der Waals surface area contributed by atoms with Gasteiger partial charge in [0, 0.05) is 51.1 Å². The van der Waals surface area contributed by atoms with E-state index >= 15 is 0 Å². The van der Waals surface area contributed by atoms with Gasteiger partial charge in [0.25, 0.3) is 0 Å². The summed E-state index contributed by atoms with van der Waals surface area (Å²) in [7, 11) is 0. The predicted octanol–water partition coefficient (Wildman–Crippen LogP) is 11.0. The summed E-state index contributed by atoms with van der Waals surface area (Å²) in [6.07, 6.45) is 0. The van der Waals surface area contributed by atoms with E-state index in [1.165, 1.54) is 84.5 Å². The maximum absolute atomic E-state index is 6.44. The van der Waals surface area contributed by atoms with Gasteiger partial charge in [-0.25, -0.2) is 0 Å². The minimum atomic E-state index is -0.466. The van der Waals surface area contributed by atoms with Crippen molar-refractivity contribution in [3.05, 3.63) is 131 Å². The third-order valence-corrected chi connectivity index (χ3v) is 11.7. The smallest absolute Gasteiger partial charge is 0.135 e. The molecular formula is C37H18OS2. The first-order chi connectivity index (χ1) is 19.8. The molecule has 1 spiro atoms. The van der Waals surface area contributed by atoms with Gasteiger partial charge in [-0.15, -0.1) is 22.7 Å². The number of hydrogen-bond acceptors (Lipinski definition) is 3. The minimum absolute atomic E-state index is 0.466. The average Bonchev–Trinajstić information content (AvgIpc) is 3.74. The van der Waals surface area contributed by atoms with Gasteiger partial charge in [0.2, 0.25) is 0 Å². The van der Waals surface area contributed by atoms with E-state index < -0.39 is 5.41 Å². The number of thiophene rings is 2. The van der Waals surface area contributed by atoms with Gasteiger partial charge < -0.3 is 4.42 Å². The van der Waals surface area contributed by atoms with Crippen molar-refractivity contribution in [2.45, 2.75) is 5.41 Å². The Kier molecular flexibility index (Phi) is 3.40. The number of fused-ring (bicyclic) bond motifs is 5. The van der Waals surface area contributed by atoms with Crippen LogP contribution >= 0.6 is 22.7 Å². The maximum atomic E-state index is 6.44. The molecule has 2 aliphatic carbocycles. The molecule has 3 heteroatoms. The normalized spacial score (nSPS) is 14.7. The van der Waals surface area contributed by atoms with Crippen molar-refractivity contribution in [3.63, 3.8) is 0 Å². The Morgan fingerprint density at radius 1 is 0.375 bits per heavy atom. The van der Waals surface area contributed by atoms with Crippen LogP contribution < -0.4 is 0 Å². The molecule has 0 amide bonds. The molecule has 0 fully saturated rings. The predicted molar refractivity (Wildman–Crippen MR) is 170 cm³/mol. The minimum Gasteiger partial charge on any atom is -0.456 e. The van der Waals surface area contributed by atoms with Crippen molar-refractivity contribution in [2.75, 3.05) is 0 Å². The number of rotatable bonds is 0. The molecule has 3 heterocycles. The summed E-state index contributed by atoms with van der Waals surface area (Å²) in [5, 5.41) is 8.07. The van der Waals surface area contributed by atoms with Gasteiger partial charge >= 0.3 is 0 Å². The summed E-state index contributed by atoms with van der Waals surface area (Å²) in [5.74, 6) is 0. The molecule has 0 saturated heterocycles. The molecule has 0 bridgehead atoms. The van der Waals surface area contributed by atoms with Crippen LogP contribution in [-0.2, 0) is 5.41 Å². The monoisotopic (exact) mass is 542 g/mol. The van der Waals surface area contributed by atoms with E-state index in [1.54, 1.807) is 0 Å². The van der Waals surface area contributed by atoms with Crippen LogP contribution in [0.4, 0.5) is 0 Å². The Bertz CT molecular complexity index is 2430. The lowest BCUT2D eigenvalue weighted by Crippen LogP contribution is -2.29. The Hall–Kier alpha value is -4.44. The quantitative estimate of drug-likeness (QED) is 0.186. The van der Waals surface area contributed by atoms with E-state index in [4.69, 9.17) is 4.42 Å². The highest BCUT2D eigenvalue weighted by atomic mass is 32.1. The van der Waals surface area contributed by atoms with Crippen LogP contribution in [0.3, 0.4) is 0 Å². The first kappa shape index (κ1) is 20.5. The summed E-state index contributed by atoms with van der Waals surface area (Å²) < 4.78 is 11.8. The highest BCUT2D eigenvalue weighted by molar-refractivity contribution is 7.26. The summed E-state index contributed by atoms with van der Waals surface area (Å²) in [5.41, 5.74) is 9.58. The van der Waals surface area contributed by atoms with Crippen molar-refractivity contribution in [1.82, 2.24) is 0 Å². The van der Waals surface area contributed by atoms with Gasteiger partial charge in [-0.05, 0) is 69.8 Å². The van der Waals surface area contributed by atoms with Crippen molar-refractivity contribution in [2.24, 2.45) is 0 Å². The molecule has 0 saturated carbocycles. The second-order valence-corrected chi connectivity index (χ2v) is 13.3. The maximum Gasteiger partial charge on any atom is 0.135 e. The van der Waals surface area contributed by atoms with Gasteiger partial charge in [0.05, 0.1) is 5.41 Å². The largest absolute Gasteiger partial charge is 0.456 e. The summed E-state index contributed by atoms with van der Waals surface area (Å²) >= 11 is 3.84. The van der Waals surface area contributed by atoms with Crippen LogP contribution in [0.5, 0.6) is 0 Å². The van der Waals surface area contributed by atoms with Crippen molar-refractivity contribution >= 4 is 85.0 Å². The van der Waals surface area contributed by atoms with Gasteiger partial charge in [0.1, 0.15) is 11.2 Å². The second kappa shape index (κ2) is 6.64. The SMILES string of the molecule is c1cc2c3c(c1)oc1cccc(c13)C21c2cccc3sc4cccc(c4c23)-c2cccc3sc4cccc1c4c23. The molecule has 0 N–H and O–H groups in total. The fraction of sp³-hybridized carbons (Fsp3) is 0.0270. The fourth-order valence-corrected chi connectivity index (χ4v) is 10.5. The van der Waals surface area contributed by atoms with E-state index in [-0.39, 0.29) is 0 Å². The zero-order valence-electron chi connectivity index (χ0n) is 21.1. The molecular weight excluding hydrogens is 525 g/mol. The molecule has 0 unspecified atom stereocenters. The molecule has 1 nitrogen and oxygen atoms in total. The highest BCUT2D eigenvalue weighted by Crippen LogP contribution is 2.62. The van der Waals surface area contributed by atoms with E-state index in [9.17, 15) is 0 Å². The molecule has 2 aliphatic rings. The van der Waals surface area contributed by atoms with Crippen molar-refractivity contribution < 1.29 is 4.42 Å². The molecule has 3 aromatic heterocycles. The molecule has 40 heavy (non-hydrogen) atoms. The third-order valence-electron chi connectivity index (χ3n) is 9.47. The zero-order chi connectivity index (χ0) is 25.7. The molecule has 0 aliphatic heterocycles. The summed E-state index contributed by atoms with van der Waals surface area (Å²) in [6, 6.07) is 41.1. The van der Waals surface area contributed by atoms with Crippen LogP contribution in [0.1, 0.15) is 22.3 Å². The first-order valence-electron chi connectivity index (χ1n) is 13.7. The van der Waals surface area contributed by atoms with E-state index in [1.807, 2.05) is 22.7 Å². The van der Waals surface area contributed by atoms with Gasteiger partial charge in [-0.1, -0.05) is 72.8 Å². The Balaban J connectivity index is 1.55. The Morgan fingerprint density at radius 2 is 0.750 bits per heavy atom. The standard InChI is InChI=1S/C37H18OS2/c1-7-19-20-8-2-16-28-32(20)36-24(12-6-18-30(36)40-28)37(23-11-5-17-29-35(23)31(19)27(15-1)39-29)21-9-3-13-25-33(21)34-22(37)10-4-14-26(34)38-25/h1-18H. The van der Waals surface area contributed by atoms with E-state index in [0.717, 1.165) is 11.2 Å². The van der Waals surface area contributed by atoms with Crippen LogP contribution in [0.25, 0.3) is 73.4 Å². The number of hydrogen-bond donors (Lipinski definition) is 0. The summed E-state index contributed by atoms with van der Waals surface area (Å²) in [4.78, 5) is 0. The second-order valence-electron chi connectivity index (χ2n) is 11.1. The van der Waals surface area contributed by atoms with Crippen LogP contribution in [0.15, 0.2) is 114 Å².